The second kappa shape index (κ2) is 5.79. The highest BCUT2D eigenvalue weighted by molar-refractivity contribution is 8.00. The summed E-state index contributed by atoms with van der Waals surface area (Å²) in [5, 5.41) is 8.68. The minimum Gasteiger partial charge on any atom is -0.309 e. The number of benzene rings is 1. The highest BCUT2D eigenvalue weighted by Gasteiger charge is 2.19. The number of Topliss-reactive ketones (excluding diaryl/α,β-unsaturated/α-hetero) is 1. The molecule has 0 bridgehead atoms. The van der Waals surface area contributed by atoms with E-state index in [2.05, 4.69) is 10.2 Å². The average Bonchev–Trinajstić information content (AvgIpc) is 2.73. The molecule has 0 amide bonds. The monoisotopic (exact) mass is 289 g/mol. The van der Waals surface area contributed by atoms with Gasteiger partial charge in [-0.25, -0.2) is 0 Å². The quantitative estimate of drug-likeness (QED) is 0.641. The second-order valence-corrected chi connectivity index (χ2v) is 6.32. The van der Waals surface area contributed by atoms with Crippen LogP contribution < -0.4 is 0 Å². The van der Waals surface area contributed by atoms with Crippen molar-refractivity contribution in [3.8, 4) is 0 Å². The zero-order chi connectivity index (χ0) is 14.9. The fraction of sp³-hybridized carbons (Fsp3) is 0.400. The van der Waals surface area contributed by atoms with E-state index in [1.807, 2.05) is 57.5 Å². The number of rotatable bonds is 4. The molecule has 106 valence electrons. The Morgan fingerprint density at radius 3 is 2.45 bits per heavy atom. The van der Waals surface area contributed by atoms with Gasteiger partial charge in [0, 0.05) is 12.6 Å². The number of aryl methyl sites for hydroxylation is 3. The first-order chi connectivity index (χ1) is 9.40. The molecule has 2 rings (SSSR count). The van der Waals surface area contributed by atoms with Crippen molar-refractivity contribution in [3.63, 3.8) is 0 Å². The Bertz CT molecular complexity index is 649. The predicted molar refractivity (Wildman–Crippen MR) is 81.3 cm³/mol. The highest BCUT2D eigenvalue weighted by Crippen LogP contribution is 2.24. The molecule has 0 saturated heterocycles. The summed E-state index contributed by atoms with van der Waals surface area (Å²) in [5.74, 6) is 0.970. The van der Waals surface area contributed by atoms with Gasteiger partial charge in [-0.2, -0.15) is 0 Å². The van der Waals surface area contributed by atoms with Crippen LogP contribution in [0.15, 0.2) is 23.4 Å². The third kappa shape index (κ3) is 2.93. The number of hydrogen-bond acceptors (Lipinski definition) is 4. The molecule has 0 saturated carbocycles. The maximum atomic E-state index is 12.5. The molecule has 2 aromatic rings. The molecular formula is C15H19N3OS. The lowest BCUT2D eigenvalue weighted by molar-refractivity contribution is 0.0993. The lowest BCUT2D eigenvalue weighted by Gasteiger charge is -2.11. The van der Waals surface area contributed by atoms with Gasteiger partial charge in [0.25, 0.3) is 0 Å². The minimum absolute atomic E-state index is 0.124. The van der Waals surface area contributed by atoms with Gasteiger partial charge in [-0.1, -0.05) is 23.9 Å². The topological polar surface area (TPSA) is 47.8 Å². The molecule has 1 unspecified atom stereocenters. The van der Waals surface area contributed by atoms with E-state index in [4.69, 9.17) is 0 Å². The van der Waals surface area contributed by atoms with Crippen LogP contribution >= 0.6 is 11.8 Å². The van der Waals surface area contributed by atoms with Crippen molar-refractivity contribution >= 4 is 17.5 Å². The summed E-state index contributed by atoms with van der Waals surface area (Å²) >= 11 is 1.44. The van der Waals surface area contributed by atoms with E-state index in [0.29, 0.717) is 0 Å². The number of thioether (sulfide) groups is 1. The van der Waals surface area contributed by atoms with E-state index in [9.17, 15) is 4.79 Å². The zero-order valence-corrected chi connectivity index (χ0v) is 13.3. The molecule has 20 heavy (non-hydrogen) atoms. The smallest absolute Gasteiger partial charge is 0.191 e. The Morgan fingerprint density at radius 2 is 1.90 bits per heavy atom. The molecule has 1 heterocycles. The van der Waals surface area contributed by atoms with Gasteiger partial charge in [0.15, 0.2) is 10.9 Å². The Morgan fingerprint density at radius 1 is 1.20 bits per heavy atom. The van der Waals surface area contributed by atoms with Crippen molar-refractivity contribution in [1.29, 1.82) is 0 Å². The first-order valence-corrected chi connectivity index (χ1v) is 7.42. The van der Waals surface area contributed by atoms with E-state index >= 15 is 0 Å². The standard InChI is InChI=1S/C15H19N3OS/c1-9-6-7-13(8-10(9)2)14(19)11(3)20-15-17-16-12(4)18(15)5/h6-8,11H,1-5H3. The van der Waals surface area contributed by atoms with E-state index in [0.717, 1.165) is 22.1 Å². The van der Waals surface area contributed by atoms with Crippen LogP contribution in [0.1, 0.15) is 34.2 Å². The van der Waals surface area contributed by atoms with Crippen molar-refractivity contribution in [1.82, 2.24) is 14.8 Å². The van der Waals surface area contributed by atoms with Crippen molar-refractivity contribution in [2.45, 2.75) is 38.1 Å². The van der Waals surface area contributed by atoms with Gasteiger partial charge < -0.3 is 4.57 Å². The van der Waals surface area contributed by atoms with Crippen LogP contribution in [0.5, 0.6) is 0 Å². The number of aromatic nitrogens is 3. The van der Waals surface area contributed by atoms with Crippen molar-refractivity contribution in [2.24, 2.45) is 7.05 Å². The van der Waals surface area contributed by atoms with Gasteiger partial charge in [0.2, 0.25) is 0 Å². The molecule has 0 spiro atoms. The number of carbonyl (C=O) groups is 1. The lowest BCUT2D eigenvalue weighted by atomic mass is 10.0. The van der Waals surface area contributed by atoms with E-state index in [1.165, 1.54) is 17.3 Å². The van der Waals surface area contributed by atoms with Gasteiger partial charge in [-0.05, 0) is 44.9 Å². The van der Waals surface area contributed by atoms with Crippen LogP contribution in [0.2, 0.25) is 0 Å². The summed E-state index contributed by atoms with van der Waals surface area (Å²) in [6, 6.07) is 5.84. The summed E-state index contributed by atoms with van der Waals surface area (Å²) in [7, 11) is 1.91. The molecular weight excluding hydrogens is 270 g/mol. The third-order valence-electron chi connectivity index (χ3n) is 3.50. The second-order valence-electron chi connectivity index (χ2n) is 5.01. The van der Waals surface area contributed by atoms with Crippen molar-refractivity contribution < 1.29 is 4.79 Å². The van der Waals surface area contributed by atoms with Gasteiger partial charge in [-0.15, -0.1) is 10.2 Å². The molecule has 1 atom stereocenters. The fourth-order valence-corrected chi connectivity index (χ4v) is 2.77. The van der Waals surface area contributed by atoms with Crippen LogP contribution in [0, 0.1) is 20.8 Å². The number of ketones is 1. The van der Waals surface area contributed by atoms with E-state index < -0.39 is 0 Å². The Kier molecular flexibility index (Phi) is 4.28. The third-order valence-corrected chi connectivity index (χ3v) is 4.63. The molecule has 0 radical (unpaired) electrons. The Balaban J connectivity index is 2.16. The lowest BCUT2D eigenvalue weighted by Crippen LogP contribution is -2.14. The Labute approximate surface area is 123 Å². The molecule has 5 heteroatoms. The molecule has 0 aliphatic carbocycles. The van der Waals surface area contributed by atoms with E-state index in [-0.39, 0.29) is 11.0 Å². The van der Waals surface area contributed by atoms with Crippen molar-refractivity contribution in [2.75, 3.05) is 0 Å². The number of nitrogens with zero attached hydrogens (tertiary/aromatic N) is 3. The van der Waals surface area contributed by atoms with Crippen LogP contribution in [0.4, 0.5) is 0 Å². The highest BCUT2D eigenvalue weighted by atomic mass is 32.2. The molecule has 0 aliphatic heterocycles. The van der Waals surface area contributed by atoms with Gasteiger partial charge in [-0.3, -0.25) is 4.79 Å². The van der Waals surface area contributed by atoms with Gasteiger partial charge >= 0.3 is 0 Å². The summed E-state index contributed by atoms with van der Waals surface area (Å²) in [4.78, 5) is 12.5. The maximum absolute atomic E-state index is 12.5. The number of carbonyl (C=O) groups excluding carboxylic acids is 1. The maximum Gasteiger partial charge on any atom is 0.191 e. The van der Waals surface area contributed by atoms with Crippen LogP contribution in [0.3, 0.4) is 0 Å². The summed E-state index contributed by atoms with van der Waals surface area (Å²) in [6.45, 7) is 7.87. The minimum atomic E-state index is -0.181. The van der Waals surface area contributed by atoms with Gasteiger partial charge in [0.05, 0.1) is 5.25 Å². The van der Waals surface area contributed by atoms with E-state index in [1.54, 1.807) is 0 Å². The van der Waals surface area contributed by atoms with Crippen LogP contribution in [-0.2, 0) is 7.05 Å². The fourth-order valence-electron chi connectivity index (χ4n) is 1.83. The molecule has 0 aliphatic rings. The predicted octanol–water partition coefficient (Wildman–Crippen LogP) is 3.10. The van der Waals surface area contributed by atoms with Gasteiger partial charge in [0.1, 0.15) is 5.82 Å². The molecule has 0 N–H and O–H groups in total. The first-order valence-electron chi connectivity index (χ1n) is 6.54. The normalized spacial score (nSPS) is 12.4. The van der Waals surface area contributed by atoms with Crippen LogP contribution in [-0.4, -0.2) is 25.8 Å². The Hall–Kier alpha value is -1.62. The molecule has 1 aromatic carbocycles. The molecule has 4 nitrogen and oxygen atoms in total. The molecule has 1 aromatic heterocycles. The summed E-state index contributed by atoms with van der Waals surface area (Å²) < 4.78 is 1.90. The SMILES string of the molecule is Cc1ccc(C(=O)C(C)Sc2nnc(C)n2C)cc1C. The summed E-state index contributed by atoms with van der Waals surface area (Å²) in [6.07, 6.45) is 0. The molecule has 0 fully saturated rings. The average molecular weight is 289 g/mol. The van der Waals surface area contributed by atoms with Crippen LogP contribution in [0.25, 0.3) is 0 Å². The summed E-state index contributed by atoms with van der Waals surface area (Å²) in [5.41, 5.74) is 3.10. The first kappa shape index (κ1) is 14.8. The number of hydrogen-bond donors (Lipinski definition) is 0. The van der Waals surface area contributed by atoms with Crippen molar-refractivity contribution in [3.05, 3.63) is 40.7 Å². The largest absolute Gasteiger partial charge is 0.309 e. The zero-order valence-electron chi connectivity index (χ0n) is 12.5.